The van der Waals surface area contributed by atoms with Gasteiger partial charge in [0, 0.05) is 18.4 Å². The fourth-order valence-electron chi connectivity index (χ4n) is 2.26. The van der Waals surface area contributed by atoms with Crippen LogP contribution in [0.1, 0.15) is 12.8 Å². The number of aldehydes is 1. The lowest BCUT2D eigenvalue weighted by Crippen LogP contribution is -2.26. The lowest BCUT2D eigenvalue weighted by molar-refractivity contribution is -0.120. The summed E-state index contributed by atoms with van der Waals surface area (Å²) < 4.78 is 0. The minimum Gasteiger partial charge on any atom is -0.392 e. The van der Waals surface area contributed by atoms with Gasteiger partial charge in [0.15, 0.2) is 0 Å². The molecule has 0 spiro atoms. The summed E-state index contributed by atoms with van der Waals surface area (Å²) in [5.41, 5.74) is 0. The average Bonchev–Trinajstić information content (AvgIpc) is 2.43. The Bertz CT molecular complexity index is 228. The number of hydrogen-bond donors (Lipinski definition) is 2. The van der Waals surface area contributed by atoms with E-state index in [4.69, 9.17) is 0 Å². The smallest absolute Gasteiger partial charge is 0.220 e. The number of carbonyl (C=O) groups excluding carboxylic acids is 2. The van der Waals surface area contributed by atoms with Crippen molar-refractivity contribution in [3.05, 3.63) is 0 Å². The van der Waals surface area contributed by atoms with E-state index in [0.717, 1.165) is 6.29 Å². The fourth-order valence-corrected chi connectivity index (χ4v) is 2.26. The Labute approximate surface area is 69.9 Å². The maximum absolute atomic E-state index is 10.9. The molecule has 0 bridgehead atoms. The second-order valence-electron chi connectivity index (χ2n) is 3.56. The Morgan fingerprint density at radius 3 is 3.00 bits per heavy atom. The normalized spacial score (nSPS) is 45.6. The van der Waals surface area contributed by atoms with Crippen molar-refractivity contribution in [2.45, 2.75) is 25.0 Å². The van der Waals surface area contributed by atoms with Crippen LogP contribution in [0.15, 0.2) is 0 Å². The van der Waals surface area contributed by atoms with Gasteiger partial charge in [0.2, 0.25) is 5.91 Å². The minimum absolute atomic E-state index is 0.00347. The molecule has 1 aliphatic heterocycles. The van der Waals surface area contributed by atoms with Crippen LogP contribution in [0.25, 0.3) is 0 Å². The van der Waals surface area contributed by atoms with Crippen molar-refractivity contribution in [3.8, 4) is 0 Å². The first-order valence-corrected chi connectivity index (χ1v) is 4.15. The third-order valence-corrected chi connectivity index (χ3v) is 2.88. The van der Waals surface area contributed by atoms with E-state index in [2.05, 4.69) is 5.32 Å². The van der Waals surface area contributed by atoms with Gasteiger partial charge < -0.3 is 15.2 Å². The summed E-state index contributed by atoms with van der Waals surface area (Å²) in [6.45, 7) is 0. The molecule has 2 aliphatic rings. The molecule has 12 heavy (non-hydrogen) atoms. The highest BCUT2D eigenvalue weighted by Gasteiger charge is 2.47. The molecule has 2 rings (SSSR count). The van der Waals surface area contributed by atoms with Gasteiger partial charge in [0.25, 0.3) is 0 Å². The van der Waals surface area contributed by atoms with Gasteiger partial charge in [-0.2, -0.15) is 0 Å². The Hall–Kier alpha value is -0.900. The summed E-state index contributed by atoms with van der Waals surface area (Å²) in [7, 11) is 0. The van der Waals surface area contributed by atoms with E-state index in [1.165, 1.54) is 0 Å². The Morgan fingerprint density at radius 1 is 1.58 bits per heavy atom. The van der Waals surface area contributed by atoms with Crippen LogP contribution in [0.2, 0.25) is 0 Å². The van der Waals surface area contributed by atoms with Crippen molar-refractivity contribution in [2.24, 2.45) is 11.8 Å². The van der Waals surface area contributed by atoms with Crippen LogP contribution in [0.4, 0.5) is 0 Å². The molecule has 4 atom stereocenters. The van der Waals surface area contributed by atoms with Gasteiger partial charge >= 0.3 is 0 Å². The first-order valence-electron chi connectivity index (χ1n) is 4.15. The standard InChI is InChI=1S/C8H11NO3/c10-3-5-4-1-8(12)9-6(4)2-7(5)11/h3-7,11H,1-2H2,(H,9,12). The monoisotopic (exact) mass is 169 g/mol. The molecule has 4 unspecified atom stereocenters. The summed E-state index contributed by atoms with van der Waals surface area (Å²) in [5.74, 6) is -0.303. The molecule has 2 N–H and O–H groups in total. The van der Waals surface area contributed by atoms with E-state index in [9.17, 15) is 14.7 Å². The van der Waals surface area contributed by atoms with Gasteiger partial charge in [-0.1, -0.05) is 0 Å². The number of amides is 1. The van der Waals surface area contributed by atoms with E-state index >= 15 is 0 Å². The highest BCUT2D eigenvalue weighted by molar-refractivity contribution is 5.80. The minimum atomic E-state index is -0.557. The molecule has 4 heteroatoms. The van der Waals surface area contributed by atoms with Gasteiger partial charge in [0.1, 0.15) is 6.29 Å². The van der Waals surface area contributed by atoms with Crippen LogP contribution in [-0.4, -0.2) is 29.4 Å². The van der Waals surface area contributed by atoms with E-state index in [1.807, 2.05) is 0 Å². The topological polar surface area (TPSA) is 66.4 Å². The summed E-state index contributed by atoms with van der Waals surface area (Å²) in [4.78, 5) is 21.5. The van der Waals surface area contributed by atoms with Gasteiger partial charge in [-0.15, -0.1) is 0 Å². The third-order valence-electron chi connectivity index (χ3n) is 2.88. The predicted molar refractivity (Wildman–Crippen MR) is 40.2 cm³/mol. The lowest BCUT2D eigenvalue weighted by atomic mass is 9.94. The number of fused-ring (bicyclic) bond motifs is 1. The Morgan fingerprint density at radius 2 is 2.33 bits per heavy atom. The molecule has 0 aromatic rings. The predicted octanol–water partition coefficient (Wildman–Crippen LogP) is -0.929. The van der Waals surface area contributed by atoms with Crippen LogP contribution in [0.3, 0.4) is 0 Å². The van der Waals surface area contributed by atoms with Gasteiger partial charge in [-0.3, -0.25) is 4.79 Å². The van der Waals surface area contributed by atoms with Crippen molar-refractivity contribution in [1.82, 2.24) is 5.32 Å². The molecule has 1 saturated carbocycles. The number of hydrogen-bond acceptors (Lipinski definition) is 3. The second kappa shape index (κ2) is 2.55. The zero-order chi connectivity index (χ0) is 8.72. The highest BCUT2D eigenvalue weighted by atomic mass is 16.3. The summed E-state index contributed by atoms with van der Waals surface area (Å²) in [5, 5.41) is 12.2. The molecule has 1 saturated heterocycles. The van der Waals surface area contributed by atoms with Gasteiger partial charge in [-0.05, 0) is 12.3 Å². The number of aliphatic hydroxyl groups is 1. The number of nitrogens with one attached hydrogen (secondary N) is 1. The van der Waals surface area contributed by atoms with Crippen molar-refractivity contribution >= 4 is 12.2 Å². The van der Waals surface area contributed by atoms with Crippen molar-refractivity contribution in [1.29, 1.82) is 0 Å². The van der Waals surface area contributed by atoms with Crippen LogP contribution >= 0.6 is 0 Å². The second-order valence-corrected chi connectivity index (χ2v) is 3.56. The van der Waals surface area contributed by atoms with E-state index in [-0.39, 0.29) is 23.8 Å². The SMILES string of the molecule is O=CC1C(O)CC2NC(=O)CC21. The molecule has 0 aromatic heterocycles. The molecule has 1 amide bonds. The first-order chi connectivity index (χ1) is 5.72. The van der Waals surface area contributed by atoms with E-state index in [0.29, 0.717) is 12.8 Å². The molecule has 0 aromatic carbocycles. The maximum atomic E-state index is 10.9. The van der Waals surface area contributed by atoms with Crippen LogP contribution in [-0.2, 0) is 9.59 Å². The number of aliphatic hydroxyl groups excluding tert-OH is 1. The van der Waals surface area contributed by atoms with Crippen molar-refractivity contribution in [2.75, 3.05) is 0 Å². The fraction of sp³-hybridized carbons (Fsp3) is 0.750. The lowest BCUT2D eigenvalue weighted by Gasteiger charge is -2.11. The number of rotatable bonds is 1. The molecular formula is C8H11NO3. The highest BCUT2D eigenvalue weighted by Crippen LogP contribution is 2.36. The third kappa shape index (κ3) is 0.948. The molecule has 4 nitrogen and oxygen atoms in total. The molecule has 1 aliphatic carbocycles. The molecular weight excluding hydrogens is 158 g/mol. The molecule has 2 fully saturated rings. The average molecular weight is 169 g/mol. The summed E-state index contributed by atoms with van der Waals surface area (Å²) >= 11 is 0. The van der Waals surface area contributed by atoms with Gasteiger partial charge in [0.05, 0.1) is 6.10 Å². The zero-order valence-corrected chi connectivity index (χ0v) is 6.56. The van der Waals surface area contributed by atoms with Crippen molar-refractivity contribution in [3.63, 3.8) is 0 Å². The molecule has 66 valence electrons. The van der Waals surface area contributed by atoms with E-state index in [1.54, 1.807) is 0 Å². The molecule has 1 heterocycles. The maximum Gasteiger partial charge on any atom is 0.220 e. The van der Waals surface area contributed by atoms with Crippen LogP contribution in [0, 0.1) is 11.8 Å². The Balaban J connectivity index is 2.16. The largest absolute Gasteiger partial charge is 0.392 e. The van der Waals surface area contributed by atoms with E-state index < -0.39 is 6.10 Å². The molecule has 0 radical (unpaired) electrons. The first kappa shape index (κ1) is 7.73. The van der Waals surface area contributed by atoms with Crippen LogP contribution in [0.5, 0.6) is 0 Å². The number of carbonyl (C=O) groups is 2. The van der Waals surface area contributed by atoms with Crippen molar-refractivity contribution < 1.29 is 14.7 Å². The van der Waals surface area contributed by atoms with Gasteiger partial charge in [-0.25, -0.2) is 0 Å². The van der Waals surface area contributed by atoms with Crippen LogP contribution < -0.4 is 5.32 Å². The quantitative estimate of drug-likeness (QED) is 0.498. The summed E-state index contributed by atoms with van der Waals surface area (Å²) in [6.07, 6.45) is 1.14. The summed E-state index contributed by atoms with van der Waals surface area (Å²) in [6, 6.07) is 0.0303. The Kier molecular flexibility index (Phi) is 1.65. The zero-order valence-electron chi connectivity index (χ0n) is 6.56.